The van der Waals surface area contributed by atoms with Gasteiger partial charge in [-0.3, -0.25) is 0 Å². The number of piperidine rings is 1. The molecule has 1 unspecified atom stereocenters. The average molecular weight is 462 g/mol. The van der Waals surface area contributed by atoms with Crippen LogP contribution in [0.2, 0.25) is 0 Å². The van der Waals surface area contributed by atoms with Crippen molar-refractivity contribution in [3.05, 3.63) is 60.2 Å². The molecule has 1 aromatic heterocycles. The molecule has 182 valence electrons. The van der Waals surface area contributed by atoms with Gasteiger partial charge in [0.2, 0.25) is 5.95 Å². The second-order valence-electron chi connectivity index (χ2n) is 9.86. The van der Waals surface area contributed by atoms with Crippen molar-refractivity contribution in [2.75, 3.05) is 51.3 Å². The minimum absolute atomic E-state index is 0.293. The maximum Gasteiger partial charge on any atom is 0.204 e. The van der Waals surface area contributed by atoms with E-state index in [0.29, 0.717) is 18.1 Å². The summed E-state index contributed by atoms with van der Waals surface area (Å²) < 4.78 is 7.92. The van der Waals surface area contributed by atoms with Crippen LogP contribution in [0.1, 0.15) is 38.2 Å². The quantitative estimate of drug-likeness (QED) is 0.442. The molecular formula is C28H39N5O. The number of benzene rings is 2. The first-order chi connectivity index (χ1) is 16.8. The molecule has 0 amide bonds. The lowest BCUT2D eigenvalue weighted by atomic mass is 9.76. The van der Waals surface area contributed by atoms with Gasteiger partial charge in [-0.15, -0.1) is 0 Å². The van der Waals surface area contributed by atoms with E-state index >= 15 is 0 Å². The molecule has 0 saturated carbocycles. The Morgan fingerprint density at radius 1 is 1.06 bits per heavy atom. The molecular weight excluding hydrogens is 422 g/mol. The van der Waals surface area contributed by atoms with Crippen LogP contribution >= 0.6 is 0 Å². The molecule has 1 atom stereocenters. The summed E-state index contributed by atoms with van der Waals surface area (Å²) in [7, 11) is 0. The lowest BCUT2D eigenvalue weighted by Gasteiger charge is -2.36. The number of anilines is 1. The van der Waals surface area contributed by atoms with Crippen LogP contribution in [0.25, 0.3) is 11.0 Å². The SMILES string of the molecule is CCOCCn1c(NC2CCN(CCC3(c4ccccc4)CCNC3)CC2)nc2ccccc21. The zero-order valence-corrected chi connectivity index (χ0v) is 20.5. The Morgan fingerprint density at radius 2 is 1.85 bits per heavy atom. The standard InChI is InChI=1S/C28H39N5O/c1-2-34-21-20-33-26-11-7-6-10-25(26)31-27(33)30-24-12-17-32(18-13-24)19-15-28(14-16-29-22-28)23-8-4-3-5-9-23/h3-11,24,29H,2,12-22H2,1H3,(H,30,31). The number of rotatable bonds is 10. The Morgan fingerprint density at radius 3 is 2.62 bits per heavy atom. The van der Waals surface area contributed by atoms with Gasteiger partial charge in [0.25, 0.3) is 0 Å². The Kier molecular flexibility index (Phi) is 7.48. The molecule has 0 spiro atoms. The minimum Gasteiger partial charge on any atom is -0.380 e. The second-order valence-corrected chi connectivity index (χ2v) is 9.86. The number of para-hydroxylation sites is 2. The Bertz CT molecular complexity index is 1040. The average Bonchev–Trinajstić information content (AvgIpc) is 3.50. The summed E-state index contributed by atoms with van der Waals surface area (Å²) >= 11 is 0. The Hall–Kier alpha value is -2.41. The third-order valence-corrected chi connectivity index (χ3v) is 7.78. The fraction of sp³-hybridized carbons (Fsp3) is 0.536. The van der Waals surface area contributed by atoms with Crippen molar-refractivity contribution in [1.82, 2.24) is 19.8 Å². The van der Waals surface area contributed by atoms with E-state index in [1.165, 1.54) is 30.5 Å². The number of fused-ring (bicyclic) bond motifs is 1. The van der Waals surface area contributed by atoms with Gasteiger partial charge in [-0.1, -0.05) is 42.5 Å². The summed E-state index contributed by atoms with van der Waals surface area (Å²) in [5, 5.41) is 7.40. The molecule has 3 aromatic rings. The van der Waals surface area contributed by atoms with Gasteiger partial charge in [-0.2, -0.15) is 0 Å². The predicted molar refractivity (Wildman–Crippen MR) is 140 cm³/mol. The number of aromatic nitrogens is 2. The molecule has 0 aliphatic carbocycles. The van der Waals surface area contributed by atoms with Crippen LogP contribution in [0.4, 0.5) is 5.95 Å². The van der Waals surface area contributed by atoms with Gasteiger partial charge in [0.05, 0.1) is 17.6 Å². The van der Waals surface area contributed by atoms with Gasteiger partial charge >= 0.3 is 0 Å². The van der Waals surface area contributed by atoms with Gasteiger partial charge in [0, 0.05) is 44.2 Å². The Balaban J connectivity index is 1.18. The lowest BCUT2D eigenvalue weighted by molar-refractivity contribution is 0.140. The zero-order valence-electron chi connectivity index (χ0n) is 20.5. The maximum atomic E-state index is 5.64. The van der Waals surface area contributed by atoms with Crippen LogP contribution in [0, 0.1) is 0 Å². The third kappa shape index (κ3) is 5.14. The van der Waals surface area contributed by atoms with Crippen molar-refractivity contribution in [2.24, 2.45) is 0 Å². The molecule has 6 nitrogen and oxygen atoms in total. The van der Waals surface area contributed by atoms with E-state index < -0.39 is 0 Å². The number of likely N-dealkylation sites (tertiary alicyclic amines) is 1. The van der Waals surface area contributed by atoms with E-state index in [1.54, 1.807) is 0 Å². The lowest BCUT2D eigenvalue weighted by Crippen LogP contribution is -2.42. The van der Waals surface area contributed by atoms with Crippen molar-refractivity contribution >= 4 is 17.0 Å². The molecule has 5 rings (SSSR count). The van der Waals surface area contributed by atoms with E-state index in [2.05, 4.69) is 74.7 Å². The minimum atomic E-state index is 0.293. The summed E-state index contributed by atoms with van der Waals surface area (Å²) in [6.07, 6.45) is 4.79. The molecule has 2 N–H and O–H groups in total. The number of hydrogen-bond donors (Lipinski definition) is 2. The first kappa shape index (κ1) is 23.3. The molecule has 2 aliphatic rings. The largest absolute Gasteiger partial charge is 0.380 e. The van der Waals surface area contributed by atoms with Gasteiger partial charge < -0.3 is 24.8 Å². The van der Waals surface area contributed by atoms with Crippen molar-refractivity contribution < 1.29 is 4.74 Å². The monoisotopic (exact) mass is 461 g/mol. The normalized spacial score (nSPS) is 21.9. The number of hydrogen-bond acceptors (Lipinski definition) is 5. The van der Waals surface area contributed by atoms with Gasteiger partial charge in [0.1, 0.15) is 0 Å². The molecule has 2 aromatic carbocycles. The van der Waals surface area contributed by atoms with Crippen LogP contribution in [-0.2, 0) is 16.7 Å². The molecule has 6 heteroatoms. The molecule has 0 radical (unpaired) electrons. The third-order valence-electron chi connectivity index (χ3n) is 7.78. The van der Waals surface area contributed by atoms with Gasteiger partial charge in [-0.05, 0) is 63.4 Å². The van der Waals surface area contributed by atoms with Crippen molar-refractivity contribution in [2.45, 2.75) is 50.6 Å². The summed E-state index contributed by atoms with van der Waals surface area (Å²) in [6, 6.07) is 20.0. The van der Waals surface area contributed by atoms with E-state index in [9.17, 15) is 0 Å². The number of ether oxygens (including phenoxy) is 1. The first-order valence-corrected chi connectivity index (χ1v) is 13.1. The highest BCUT2D eigenvalue weighted by atomic mass is 16.5. The zero-order chi connectivity index (χ0) is 23.2. The molecule has 2 aliphatic heterocycles. The fourth-order valence-corrected chi connectivity index (χ4v) is 5.71. The smallest absolute Gasteiger partial charge is 0.204 e. The molecule has 2 fully saturated rings. The highest BCUT2D eigenvalue weighted by Gasteiger charge is 2.36. The van der Waals surface area contributed by atoms with Crippen LogP contribution in [0.15, 0.2) is 54.6 Å². The van der Waals surface area contributed by atoms with E-state index in [0.717, 1.165) is 63.6 Å². The summed E-state index contributed by atoms with van der Waals surface area (Å²) in [6.45, 7) is 10.0. The number of nitrogens with one attached hydrogen (secondary N) is 2. The summed E-state index contributed by atoms with van der Waals surface area (Å²) in [4.78, 5) is 7.58. The maximum absolute atomic E-state index is 5.64. The molecule has 2 saturated heterocycles. The van der Waals surface area contributed by atoms with Crippen molar-refractivity contribution in [1.29, 1.82) is 0 Å². The van der Waals surface area contributed by atoms with E-state index in [1.807, 2.05) is 6.92 Å². The fourth-order valence-electron chi connectivity index (χ4n) is 5.71. The summed E-state index contributed by atoms with van der Waals surface area (Å²) in [5.41, 5.74) is 4.03. The van der Waals surface area contributed by atoms with Gasteiger partial charge in [0.15, 0.2) is 0 Å². The van der Waals surface area contributed by atoms with E-state index in [-0.39, 0.29) is 0 Å². The topological polar surface area (TPSA) is 54.4 Å². The summed E-state index contributed by atoms with van der Waals surface area (Å²) in [5.74, 6) is 0.986. The molecule has 0 bridgehead atoms. The van der Waals surface area contributed by atoms with Crippen LogP contribution < -0.4 is 10.6 Å². The van der Waals surface area contributed by atoms with Crippen LogP contribution in [0.5, 0.6) is 0 Å². The van der Waals surface area contributed by atoms with Crippen molar-refractivity contribution in [3.63, 3.8) is 0 Å². The van der Waals surface area contributed by atoms with Crippen molar-refractivity contribution in [3.8, 4) is 0 Å². The Labute approximate surface area is 203 Å². The number of nitrogens with zero attached hydrogens (tertiary/aromatic N) is 3. The molecule has 34 heavy (non-hydrogen) atoms. The molecule has 3 heterocycles. The van der Waals surface area contributed by atoms with E-state index in [4.69, 9.17) is 9.72 Å². The number of imidazole rings is 1. The van der Waals surface area contributed by atoms with Gasteiger partial charge in [-0.25, -0.2) is 4.98 Å². The first-order valence-electron chi connectivity index (χ1n) is 13.1. The second kappa shape index (κ2) is 10.9. The van der Waals surface area contributed by atoms with Crippen LogP contribution in [0.3, 0.4) is 0 Å². The predicted octanol–water partition coefficient (Wildman–Crippen LogP) is 4.27. The highest BCUT2D eigenvalue weighted by Crippen LogP contribution is 2.34. The highest BCUT2D eigenvalue weighted by molar-refractivity contribution is 5.78. The van der Waals surface area contributed by atoms with Crippen LogP contribution in [-0.4, -0.2) is 66.4 Å².